The van der Waals surface area contributed by atoms with E-state index in [2.05, 4.69) is 5.16 Å². The maximum absolute atomic E-state index is 14.3. The van der Waals surface area contributed by atoms with E-state index in [1.807, 2.05) is 0 Å². The van der Waals surface area contributed by atoms with Crippen LogP contribution in [-0.4, -0.2) is 29.2 Å². The van der Waals surface area contributed by atoms with Crippen LogP contribution in [0, 0.1) is 5.82 Å². The minimum Gasteiger partial charge on any atom is -0.390 e. The van der Waals surface area contributed by atoms with E-state index in [0.717, 1.165) is 17.7 Å². The first-order valence-corrected chi connectivity index (χ1v) is 10.8. The molecule has 1 aliphatic heterocycles. The van der Waals surface area contributed by atoms with Crippen molar-refractivity contribution in [2.24, 2.45) is 5.16 Å². The first-order valence-electron chi connectivity index (χ1n) is 10.4. The highest BCUT2D eigenvalue weighted by molar-refractivity contribution is 6.30. The lowest BCUT2D eigenvalue weighted by molar-refractivity contribution is -0.137. The molecule has 34 heavy (non-hydrogen) atoms. The predicted octanol–water partition coefficient (Wildman–Crippen LogP) is 6.33. The molecule has 0 unspecified atom stereocenters. The number of carbonyl (C=O) groups excluding carboxylic acids is 1. The van der Waals surface area contributed by atoms with Gasteiger partial charge in [-0.15, -0.1) is 0 Å². The summed E-state index contributed by atoms with van der Waals surface area (Å²) >= 11 is 5.93. The molecule has 3 aromatic rings. The predicted molar refractivity (Wildman–Crippen MR) is 120 cm³/mol. The zero-order chi connectivity index (χ0) is 24.3. The normalized spacial score (nSPS) is 15.6. The summed E-state index contributed by atoms with van der Waals surface area (Å²) in [5.41, 5.74) is 1.04. The SMILES string of the molecule is O=C(c1ccccc1F)N(Cc1ccc(C(F)(F)F)cc1)C[C@H]1CC(c2ccc(Cl)cc2)=NO1. The second-order valence-electron chi connectivity index (χ2n) is 7.84. The molecule has 1 atom stereocenters. The molecule has 4 rings (SSSR count). The molecule has 0 N–H and O–H groups in total. The quantitative estimate of drug-likeness (QED) is 0.379. The van der Waals surface area contributed by atoms with Crippen molar-refractivity contribution in [1.82, 2.24) is 4.90 Å². The van der Waals surface area contributed by atoms with Gasteiger partial charge in [0.25, 0.3) is 5.91 Å². The summed E-state index contributed by atoms with van der Waals surface area (Å²) in [4.78, 5) is 20.0. The van der Waals surface area contributed by atoms with Gasteiger partial charge in [0.2, 0.25) is 0 Å². The van der Waals surface area contributed by atoms with E-state index < -0.39 is 29.6 Å². The standard InChI is InChI=1S/C25H19ClF4N2O2/c26-19-11-7-17(8-12-19)23-13-20(34-31-23)15-32(24(33)21-3-1-2-4-22(21)27)14-16-5-9-18(10-6-16)25(28,29)30/h1-12,20H,13-15H2/t20-/m1/s1. The fraction of sp³-hybridized carbons (Fsp3) is 0.200. The summed E-state index contributed by atoms with van der Waals surface area (Å²) in [6.07, 6.45) is -4.57. The van der Waals surface area contributed by atoms with Crippen LogP contribution in [0.3, 0.4) is 0 Å². The van der Waals surface area contributed by atoms with E-state index in [9.17, 15) is 22.4 Å². The van der Waals surface area contributed by atoms with E-state index >= 15 is 0 Å². The van der Waals surface area contributed by atoms with Gasteiger partial charge in [0.1, 0.15) is 5.82 Å². The highest BCUT2D eigenvalue weighted by atomic mass is 35.5. The highest BCUT2D eigenvalue weighted by Crippen LogP contribution is 2.29. The van der Waals surface area contributed by atoms with E-state index in [4.69, 9.17) is 16.4 Å². The summed E-state index contributed by atoms with van der Waals surface area (Å²) < 4.78 is 53.0. The van der Waals surface area contributed by atoms with Crippen LogP contribution in [0.4, 0.5) is 17.6 Å². The fourth-order valence-electron chi connectivity index (χ4n) is 3.63. The zero-order valence-electron chi connectivity index (χ0n) is 17.7. The van der Waals surface area contributed by atoms with Crippen molar-refractivity contribution in [3.8, 4) is 0 Å². The summed E-state index contributed by atoms with van der Waals surface area (Å²) in [7, 11) is 0. The maximum atomic E-state index is 14.3. The number of rotatable bonds is 6. The molecule has 0 bridgehead atoms. The monoisotopic (exact) mass is 490 g/mol. The van der Waals surface area contributed by atoms with E-state index in [0.29, 0.717) is 22.7 Å². The third kappa shape index (κ3) is 5.56. The number of hydrogen-bond donors (Lipinski definition) is 0. The van der Waals surface area contributed by atoms with Crippen LogP contribution in [0.5, 0.6) is 0 Å². The smallest absolute Gasteiger partial charge is 0.390 e. The summed E-state index contributed by atoms with van der Waals surface area (Å²) in [5, 5.41) is 4.68. The van der Waals surface area contributed by atoms with Crippen LogP contribution in [0.2, 0.25) is 5.02 Å². The average molecular weight is 491 g/mol. The number of carbonyl (C=O) groups is 1. The second kappa shape index (κ2) is 9.85. The van der Waals surface area contributed by atoms with Crippen molar-refractivity contribution in [2.45, 2.75) is 25.2 Å². The molecule has 4 nitrogen and oxygen atoms in total. The molecule has 0 saturated heterocycles. The van der Waals surface area contributed by atoms with E-state index in [1.54, 1.807) is 30.3 Å². The molecule has 0 aromatic heterocycles. The van der Waals surface area contributed by atoms with Crippen molar-refractivity contribution >= 4 is 23.2 Å². The van der Waals surface area contributed by atoms with Crippen LogP contribution in [0.15, 0.2) is 78.0 Å². The Bertz CT molecular complexity index is 1190. The van der Waals surface area contributed by atoms with Crippen LogP contribution in [-0.2, 0) is 17.6 Å². The molecule has 0 saturated carbocycles. The Hall–Kier alpha value is -3.39. The maximum Gasteiger partial charge on any atom is 0.416 e. The largest absolute Gasteiger partial charge is 0.416 e. The van der Waals surface area contributed by atoms with Crippen molar-refractivity contribution in [2.75, 3.05) is 6.54 Å². The molecule has 0 fully saturated rings. The molecule has 9 heteroatoms. The first-order chi connectivity index (χ1) is 16.2. The van der Waals surface area contributed by atoms with Crippen LogP contribution in [0.25, 0.3) is 0 Å². The molecule has 1 aliphatic rings. The number of nitrogens with zero attached hydrogens (tertiary/aromatic N) is 2. The highest BCUT2D eigenvalue weighted by Gasteiger charge is 2.31. The Labute approximate surface area is 198 Å². The molecule has 0 spiro atoms. The molecule has 3 aromatic carbocycles. The van der Waals surface area contributed by atoms with Gasteiger partial charge in [-0.2, -0.15) is 13.2 Å². The minimum atomic E-state index is -4.46. The molecular formula is C25H19ClF4N2O2. The fourth-order valence-corrected chi connectivity index (χ4v) is 3.75. The number of amides is 1. The molecule has 1 heterocycles. The molecule has 0 radical (unpaired) electrons. The van der Waals surface area contributed by atoms with Crippen LogP contribution < -0.4 is 0 Å². The van der Waals surface area contributed by atoms with E-state index in [1.165, 1.54) is 35.2 Å². The van der Waals surface area contributed by atoms with Crippen molar-refractivity contribution in [3.05, 3.63) is 106 Å². The van der Waals surface area contributed by atoms with Gasteiger partial charge in [-0.3, -0.25) is 4.79 Å². The third-order valence-corrected chi connectivity index (χ3v) is 5.63. The lowest BCUT2D eigenvalue weighted by Crippen LogP contribution is -2.37. The molecule has 176 valence electrons. The number of benzene rings is 3. The van der Waals surface area contributed by atoms with Crippen LogP contribution in [0.1, 0.15) is 33.5 Å². The number of hydrogen-bond acceptors (Lipinski definition) is 3. The van der Waals surface area contributed by atoms with Gasteiger partial charge in [-0.25, -0.2) is 4.39 Å². The number of halogens is 5. The molecule has 1 amide bonds. The number of alkyl halides is 3. The lowest BCUT2D eigenvalue weighted by atomic mass is 10.0. The van der Waals surface area contributed by atoms with Gasteiger partial charge in [0, 0.05) is 18.0 Å². The summed E-state index contributed by atoms with van der Waals surface area (Å²) in [6, 6.07) is 17.1. The Kier molecular flexibility index (Phi) is 6.88. The second-order valence-corrected chi connectivity index (χ2v) is 8.27. The Morgan fingerprint density at radius 3 is 2.35 bits per heavy atom. The Morgan fingerprint density at radius 1 is 1.03 bits per heavy atom. The van der Waals surface area contributed by atoms with Crippen molar-refractivity contribution < 1.29 is 27.2 Å². The summed E-state index contributed by atoms with van der Waals surface area (Å²) in [6.45, 7) is 0.0379. The van der Waals surface area contributed by atoms with Gasteiger partial charge in [0.15, 0.2) is 6.10 Å². The van der Waals surface area contributed by atoms with Gasteiger partial charge >= 0.3 is 6.18 Å². The minimum absolute atomic E-state index is 0.0263. The zero-order valence-corrected chi connectivity index (χ0v) is 18.5. The van der Waals surface area contributed by atoms with Gasteiger partial charge in [-0.05, 0) is 47.5 Å². The molecule has 0 aliphatic carbocycles. The average Bonchev–Trinajstić information content (AvgIpc) is 3.27. The van der Waals surface area contributed by atoms with Gasteiger partial charge in [0.05, 0.1) is 23.4 Å². The van der Waals surface area contributed by atoms with Crippen LogP contribution >= 0.6 is 11.6 Å². The number of oxime groups is 1. The molecular weight excluding hydrogens is 472 g/mol. The Balaban J connectivity index is 1.53. The van der Waals surface area contributed by atoms with Gasteiger partial charge in [-0.1, -0.05) is 53.2 Å². The van der Waals surface area contributed by atoms with Crippen molar-refractivity contribution in [3.63, 3.8) is 0 Å². The summed E-state index contributed by atoms with van der Waals surface area (Å²) in [5.74, 6) is -1.28. The third-order valence-electron chi connectivity index (χ3n) is 5.38. The van der Waals surface area contributed by atoms with E-state index in [-0.39, 0.29) is 18.7 Å². The lowest BCUT2D eigenvalue weighted by Gasteiger charge is -2.25. The topological polar surface area (TPSA) is 41.9 Å². The first kappa shape index (κ1) is 23.8. The van der Waals surface area contributed by atoms with Gasteiger partial charge < -0.3 is 9.74 Å². The Morgan fingerprint density at radius 2 is 1.71 bits per heavy atom. The van der Waals surface area contributed by atoms with Crippen molar-refractivity contribution in [1.29, 1.82) is 0 Å².